The van der Waals surface area contributed by atoms with Crippen molar-refractivity contribution in [2.75, 3.05) is 5.32 Å². The Labute approximate surface area is 164 Å². The van der Waals surface area contributed by atoms with E-state index < -0.39 is 0 Å². The summed E-state index contributed by atoms with van der Waals surface area (Å²) in [4.78, 5) is 28.6. The van der Waals surface area contributed by atoms with Crippen molar-refractivity contribution in [3.05, 3.63) is 64.6 Å². The van der Waals surface area contributed by atoms with Gasteiger partial charge in [0.1, 0.15) is 5.69 Å². The van der Waals surface area contributed by atoms with Crippen LogP contribution >= 0.6 is 11.3 Å². The molecule has 1 N–H and O–H groups in total. The van der Waals surface area contributed by atoms with Gasteiger partial charge in [-0.3, -0.25) is 9.59 Å². The lowest BCUT2D eigenvalue weighted by molar-refractivity contribution is -0.116. The van der Waals surface area contributed by atoms with Crippen molar-refractivity contribution in [2.45, 2.75) is 26.3 Å². The number of thiazole rings is 1. The van der Waals surface area contributed by atoms with Gasteiger partial charge < -0.3 is 9.73 Å². The zero-order chi connectivity index (χ0) is 19.5. The molecule has 1 aromatic carbocycles. The van der Waals surface area contributed by atoms with Crippen molar-refractivity contribution in [2.24, 2.45) is 0 Å². The fourth-order valence-corrected chi connectivity index (χ4v) is 3.80. The van der Waals surface area contributed by atoms with Gasteiger partial charge >= 0.3 is 0 Å². The fourth-order valence-electron chi connectivity index (χ4n) is 2.82. The first kappa shape index (κ1) is 18.1. The van der Waals surface area contributed by atoms with Crippen LogP contribution in [0.15, 0.2) is 57.9 Å². The number of nitrogens with zero attached hydrogens (tertiary/aromatic N) is 3. The molecule has 0 bridgehead atoms. The second-order valence-corrected chi connectivity index (χ2v) is 7.43. The normalized spacial score (nSPS) is 11.0. The summed E-state index contributed by atoms with van der Waals surface area (Å²) in [7, 11) is 0. The first-order valence-corrected chi connectivity index (χ1v) is 9.69. The summed E-state index contributed by atoms with van der Waals surface area (Å²) in [5.41, 5.74) is 2.40. The topological polar surface area (TPSA) is 90.0 Å². The number of carbonyl (C=O) groups excluding carboxylic acids is 1. The number of aryl methyl sites for hydroxylation is 2. The molecule has 4 rings (SSSR count). The molecule has 7 nitrogen and oxygen atoms in total. The van der Waals surface area contributed by atoms with Crippen LogP contribution in [-0.2, 0) is 11.3 Å². The number of furan rings is 1. The third-order valence-electron chi connectivity index (χ3n) is 4.20. The van der Waals surface area contributed by atoms with Gasteiger partial charge in [-0.15, -0.1) is 0 Å². The lowest BCUT2D eigenvalue weighted by atomic mass is 10.2. The highest BCUT2D eigenvalue weighted by Crippen LogP contribution is 2.26. The van der Waals surface area contributed by atoms with Gasteiger partial charge in [-0.1, -0.05) is 17.4 Å². The summed E-state index contributed by atoms with van der Waals surface area (Å²) in [6.45, 7) is 2.37. The molecule has 3 heterocycles. The van der Waals surface area contributed by atoms with E-state index in [1.54, 1.807) is 24.5 Å². The minimum atomic E-state index is -0.211. The molecule has 0 aliphatic carbocycles. The maximum absolute atomic E-state index is 12.2. The number of benzene rings is 1. The largest absolute Gasteiger partial charge is 0.463 e. The van der Waals surface area contributed by atoms with Crippen LogP contribution in [0, 0.1) is 6.92 Å². The molecule has 8 heteroatoms. The first-order valence-electron chi connectivity index (χ1n) is 8.87. The van der Waals surface area contributed by atoms with E-state index in [1.807, 2.05) is 25.1 Å². The molecule has 0 fully saturated rings. The van der Waals surface area contributed by atoms with Gasteiger partial charge in [-0.05, 0) is 49.2 Å². The van der Waals surface area contributed by atoms with Crippen LogP contribution in [-0.4, -0.2) is 20.7 Å². The maximum atomic E-state index is 12.2. The molecule has 1 amide bonds. The Morgan fingerprint density at radius 1 is 1.25 bits per heavy atom. The summed E-state index contributed by atoms with van der Waals surface area (Å²) < 4.78 is 7.70. The van der Waals surface area contributed by atoms with Crippen LogP contribution < -0.4 is 10.9 Å². The zero-order valence-electron chi connectivity index (χ0n) is 15.2. The molecule has 0 aliphatic heterocycles. The molecule has 142 valence electrons. The number of anilines is 1. The Morgan fingerprint density at radius 2 is 2.14 bits per heavy atom. The van der Waals surface area contributed by atoms with Crippen molar-refractivity contribution < 1.29 is 9.21 Å². The summed E-state index contributed by atoms with van der Waals surface area (Å²) in [6.07, 6.45) is 2.32. The van der Waals surface area contributed by atoms with Gasteiger partial charge in [-0.2, -0.15) is 5.10 Å². The second kappa shape index (κ2) is 7.77. The Bertz CT molecular complexity index is 1180. The van der Waals surface area contributed by atoms with Crippen LogP contribution in [0.4, 0.5) is 5.13 Å². The van der Waals surface area contributed by atoms with Gasteiger partial charge in [0.05, 0.1) is 16.5 Å². The highest BCUT2D eigenvalue weighted by Gasteiger charge is 2.10. The summed E-state index contributed by atoms with van der Waals surface area (Å²) >= 11 is 1.45. The Morgan fingerprint density at radius 3 is 2.96 bits per heavy atom. The lowest BCUT2D eigenvalue weighted by Crippen LogP contribution is -2.23. The molecule has 0 saturated carbocycles. The van der Waals surface area contributed by atoms with Gasteiger partial charge in [0.2, 0.25) is 5.91 Å². The standard InChI is InChI=1S/C20H18N4O3S/c1-13-6-7-15-17(12-13)28-20(21-15)22-18(25)5-2-10-24-19(26)9-8-14(23-24)16-4-3-11-27-16/h3-4,6-9,11-12H,2,5,10H2,1H3,(H,21,22,25). The van der Waals surface area contributed by atoms with E-state index >= 15 is 0 Å². The highest BCUT2D eigenvalue weighted by molar-refractivity contribution is 7.22. The average molecular weight is 394 g/mol. The number of rotatable bonds is 6. The van der Waals surface area contributed by atoms with E-state index in [0.29, 0.717) is 29.6 Å². The van der Waals surface area contributed by atoms with Crippen LogP contribution in [0.2, 0.25) is 0 Å². The molecule has 0 spiro atoms. The van der Waals surface area contributed by atoms with Crippen LogP contribution in [0.1, 0.15) is 18.4 Å². The molecule has 0 unspecified atom stereocenters. The molecule has 0 saturated heterocycles. The minimum absolute atomic E-state index is 0.133. The summed E-state index contributed by atoms with van der Waals surface area (Å²) in [6, 6.07) is 12.6. The Balaban J connectivity index is 1.36. The molecular formula is C20H18N4O3S. The third kappa shape index (κ3) is 4.01. The third-order valence-corrected chi connectivity index (χ3v) is 5.14. The van der Waals surface area contributed by atoms with Gasteiger partial charge in [0, 0.05) is 19.0 Å². The van der Waals surface area contributed by atoms with Crippen molar-refractivity contribution >= 4 is 32.6 Å². The molecule has 4 aromatic rings. The summed E-state index contributed by atoms with van der Waals surface area (Å²) in [5.74, 6) is 0.462. The van der Waals surface area contributed by atoms with E-state index in [2.05, 4.69) is 15.4 Å². The van der Waals surface area contributed by atoms with E-state index in [4.69, 9.17) is 4.42 Å². The lowest BCUT2D eigenvalue weighted by Gasteiger charge is -2.06. The maximum Gasteiger partial charge on any atom is 0.266 e. The molecule has 0 aliphatic rings. The van der Waals surface area contributed by atoms with Crippen LogP contribution in [0.25, 0.3) is 21.7 Å². The SMILES string of the molecule is Cc1ccc2nc(NC(=O)CCCn3nc(-c4ccco4)ccc3=O)sc2c1. The molecule has 28 heavy (non-hydrogen) atoms. The van der Waals surface area contributed by atoms with Crippen molar-refractivity contribution in [1.82, 2.24) is 14.8 Å². The Hall–Kier alpha value is -3.26. The zero-order valence-corrected chi connectivity index (χ0v) is 16.0. The van der Waals surface area contributed by atoms with Crippen molar-refractivity contribution in [1.29, 1.82) is 0 Å². The highest BCUT2D eigenvalue weighted by atomic mass is 32.1. The van der Waals surface area contributed by atoms with Gasteiger partial charge in [-0.25, -0.2) is 9.67 Å². The average Bonchev–Trinajstić information content (AvgIpc) is 3.32. The number of nitrogens with one attached hydrogen (secondary N) is 1. The molecular weight excluding hydrogens is 376 g/mol. The minimum Gasteiger partial charge on any atom is -0.463 e. The van der Waals surface area contributed by atoms with Gasteiger partial charge in [0.15, 0.2) is 10.9 Å². The van der Waals surface area contributed by atoms with E-state index in [-0.39, 0.29) is 17.9 Å². The second-order valence-electron chi connectivity index (χ2n) is 6.40. The monoisotopic (exact) mass is 394 g/mol. The summed E-state index contributed by atoms with van der Waals surface area (Å²) in [5, 5.41) is 7.72. The molecule has 0 radical (unpaired) electrons. The number of aromatic nitrogens is 3. The smallest absolute Gasteiger partial charge is 0.266 e. The number of hydrogen-bond donors (Lipinski definition) is 1. The van der Waals surface area contributed by atoms with Crippen LogP contribution in [0.5, 0.6) is 0 Å². The van der Waals surface area contributed by atoms with Crippen molar-refractivity contribution in [3.63, 3.8) is 0 Å². The predicted octanol–water partition coefficient (Wildman–Crippen LogP) is 3.84. The number of fused-ring (bicyclic) bond motifs is 1. The van der Waals surface area contributed by atoms with E-state index in [0.717, 1.165) is 15.8 Å². The van der Waals surface area contributed by atoms with Gasteiger partial charge in [0.25, 0.3) is 5.56 Å². The number of carbonyl (C=O) groups is 1. The number of hydrogen-bond acceptors (Lipinski definition) is 6. The quantitative estimate of drug-likeness (QED) is 0.537. The first-order chi connectivity index (χ1) is 13.6. The van der Waals surface area contributed by atoms with E-state index in [1.165, 1.54) is 22.1 Å². The fraction of sp³-hybridized carbons (Fsp3) is 0.200. The molecule has 3 aromatic heterocycles. The van der Waals surface area contributed by atoms with Crippen LogP contribution in [0.3, 0.4) is 0 Å². The molecule has 0 atom stereocenters. The van der Waals surface area contributed by atoms with E-state index in [9.17, 15) is 9.59 Å². The Kier molecular flexibility index (Phi) is 5.03. The number of amides is 1. The van der Waals surface area contributed by atoms with Crippen molar-refractivity contribution in [3.8, 4) is 11.5 Å². The predicted molar refractivity (Wildman–Crippen MR) is 108 cm³/mol.